The van der Waals surface area contributed by atoms with Crippen molar-refractivity contribution in [1.82, 2.24) is 4.90 Å². The summed E-state index contributed by atoms with van der Waals surface area (Å²) in [5.41, 5.74) is 0.828. The van der Waals surface area contributed by atoms with Crippen LogP contribution in [0.3, 0.4) is 0 Å². The number of anilines is 1. The first-order chi connectivity index (χ1) is 9.17. The van der Waals surface area contributed by atoms with Gasteiger partial charge in [0.15, 0.2) is 0 Å². The molecule has 1 amide bonds. The van der Waals surface area contributed by atoms with E-state index in [2.05, 4.69) is 5.32 Å². The number of rotatable bonds is 4. The van der Waals surface area contributed by atoms with Crippen LogP contribution in [0.15, 0.2) is 29.2 Å². The van der Waals surface area contributed by atoms with Crippen molar-refractivity contribution in [3.8, 4) is 0 Å². The zero-order valence-electron chi connectivity index (χ0n) is 11.1. The van der Waals surface area contributed by atoms with E-state index in [0.29, 0.717) is 13.1 Å². The van der Waals surface area contributed by atoms with Gasteiger partial charge >= 0.3 is 0 Å². The summed E-state index contributed by atoms with van der Waals surface area (Å²) in [6.45, 7) is 1.83. The maximum Gasteiger partial charge on any atom is 0.238 e. The van der Waals surface area contributed by atoms with Crippen LogP contribution in [-0.4, -0.2) is 47.9 Å². The molecule has 0 saturated carbocycles. The summed E-state index contributed by atoms with van der Waals surface area (Å²) in [6, 6.07) is 7.81. The Bertz CT molecular complexity index is 439. The van der Waals surface area contributed by atoms with Gasteiger partial charge in [0, 0.05) is 17.1 Å². The summed E-state index contributed by atoms with van der Waals surface area (Å²) in [5.74, 6) is -0.0210. The summed E-state index contributed by atoms with van der Waals surface area (Å²) in [6.07, 6.45) is 3.52. The zero-order chi connectivity index (χ0) is 13.7. The SMILES string of the molecule is CSc1cccc(NC(=O)CN2CCCC(O)C2)c1. The summed E-state index contributed by atoms with van der Waals surface area (Å²) in [7, 11) is 0. The first kappa shape index (κ1) is 14.4. The van der Waals surface area contributed by atoms with Crippen molar-refractivity contribution in [2.45, 2.75) is 23.8 Å². The minimum Gasteiger partial charge on any atom is -0.392 e. The van der Waals surface area contributed by atoms with E-state index in [9.17, 15) is 9.90 Å². The Morgan fingerprint density at radius 1 is 1.58 bits per heavy atom. The van der Waals surface area contributed by atoms with Gasteiger partial charge in [0.05, 0.1) is 12.6 Å². The van der Waals surface area contributed by atoms with E-state index in [4.69, 9.17) is 0 Å². The van der Waals surface area contributed by atoms with Gasteiger partial charge in [0.2, 0.25) is 5.91 Å². The van der Waals surface area contributed by atoms with Crippen LogP contribution in [0.25, 0.3) is 0 Å². The molecule has 5 heteroatoms. The van der Waals surface area contributed by atoms with Crippen LogP contribution in [0.2, 0.25) is 0 Å². The summed E-state index contributed by atoms with van der Waals surface area (Å²) < 4.78 is 0. The number of β-amino-alcohol motifs (C(OH)–C–C–N with tert-alkyl or cyclic N) is 1. The van der Waals surface area contributed by atoms with Crippen molar-refractivity contribution in [3.63, 3.8) is 0 Å². The molecule has 1 saturated heterocycles. The molecule has 104 valence electrons. The fraction of sp³-hybridized carbons (Fsp3) is 0.500. The van der Waals surface area contributed by atoms with Crippen LogP contribution in [0, 0.1) is 0 Å². The average molecular weight is 280 g/mol. The Kier molecular flexibility index (Phi) is 5.24. The third-order valence-corrected chi connectivity index (χ3v) is 3.93. The number of thioether (sulfide) groups is 1. The fourth-order valence-corrected chi connectivity index (χ4v) is 2.74. The Labute approximate surface area is 118 Å². The molecule has 1 aromatic carbocycles. The van der Waals surface area contributed by atoms with Crippen LogP contribution in [0.1, 0.15) is 12.8 Å². The number of hydrogen-bond acceptors (Lipinski definition) is 4. The standard InChI is InChI=1S/C14H20N2O2S/c1-19-13-6-2-4-11(8-13)15-14(18)10-16-7-3-5-12(17)9-16/h2,4,6,8,12,17H,3,5,7,9-10H2,1H3,(H,15,18). The highest BCUT2D eigenvalue weighted by Gasteiger charge is 2.19. The molecular formula is C14H20N2O2S. The lowest BCUT2D eigenvalue weighted by atomic mass is 10.1. The lowest BCUT2D eigenvalue weighted by molar-refractivity contribution is -0.118. The highest BCUT2D eigenvalue weighted by molar-refractivity contribution is 7.98. The Hall–Kier alpha value is -1.04. The van der Waals surface area contributed by atoms with Crippen molar-refractivity contribution < 1.29 is 9.90 Å². The van der Waals surface area contributed by atoms with Gasteiger partial charge in [-0.25, -0.2) is 0 Å². The molecule has 4 nitrogen and oxygen atoms in total. The lowest BCUT2D eigenvalue weighted by Crippen LogP contribution is -2.42. The predicted molar refractivity (Wildman–Crippen MR) is 78.5 cm³/mol. The fourth-order valence-electron chi connectivity index (χ4n) is 2.28. The summed E-state index contributed by atoms with van der Waals surface area (Å²) in [5, 5.41) is 12.5. The molecule has 2 N–H and O–H groups in total. The van der Waals surface area contributed by atoms with Gasteiger partial charge in [0.1, 0.15) is 0 Å². The van der Waals surface area contributed by atoms with Crippen molar-refractivity contribution in [1.29, 1.82) is 0 Å². The van der Waals surface area contributed by atoms with E-state index >= 15 is 0 Å². The second-order valence-electron chi connectivity index (χ2n) is 4.81. The van der Waals surface area contributed by atoms with E-state index in [0.717, 1.165) is 30.0 Å². The second kappa shape index (κ2) is 6.93. The third kappa shape index (κ3) is 4.53. The van der Waals surface area contributed by atoms with Gasteiger partial charge < -0.3 is 10.4 Å². The van der Waals surface area contributed by atoms with E-state index in [1.165, 1.54) is 0 Å². The maximum absolute atomic E-state index is 11.9. The summed E-state index contributed by atoms with van der Waals surface area (Å²) >= 11 is 1.65. The molecule has 0 aliphatic carbocycles. The molecule has 1 heterocycles. The number of nitrogens with one attached hydrogen (secondary N) is 1. The Balaban J connectivity index is 1.86. The van der Waals surface area contributed by atoms with Crippen molar-refractivity contribution >= 4 is 23.4 Å². The summed E-state index contributed by atoms with van der Waals surface area (Å²) in [4.78, 5) is 15.1. The molecule has 2 rings (SSSR count). The number of hydrogen-bond donors (Lipinski definition) is 2. The molecular weight excluding hydrogens is 260 g/mol. The monoisotopic (exact) mass is 280 g/mol. The van der Waals surface area contributed by atoms with Gasteiger partial charge in [-0.05, 0) is 43.8 Å². The minimum atomic E-state index is -0.290. The molecule has 0 spiro atoms. The largest absolute Gasteiger partial charge is 0.392 e. The quantitative estimate of drug-likeness (QED) is 0.826. The molecule has 1 fully saturated rings. The molecule has 19 heavy (non-hydrogen) atoms. The highest BCUT2D eigenvalue weighted by atomic mass is 32.2. The number of likely N-dealkylation sites (tertiary alicyclic amines) is 1. The van der Waals surface area contributed by atoms with Crippen LogP contribution in [0.5, 0.6) is 0 Å². The number of carbonyl (C=O) groups is 1. The lowest BCUT2D eigenvalue weighted by Gasteiger charge is -2.29. The number of nitrogens with zero attached hydrogens (tertiary/aromatic N) is 1. The van der Waals surface area contributed by atoms with E-state index in [-0.39, 0.29) is 12.0 Å². The Morgan fingerprint density at radius 2 is 2.42 bits per heavy atom. The number of amides is 1. The van der Waals surface area contributed by atoms with Gasteiger partial charge in [-0.2, -0.15) is 0 Å². The molecule has 1 aromatic rings. The number of aliphatic hydroxyl groups excluding tert-OH is 1. The van der Waals surface area contributed by atoms with Crippen LogP contribution in [0.4, 0.5) is 5.69 Å². The molecule has 0 aromatic heterocycles. The van der Waals surface area contributed by atoms with E-state index < -0.39 is 0 Å². The third-order valence-electron chi connectivity index (χ3n) is 3.20. The second-order valence-corrected chi connectivity index (χ2v) is 5.69. The van der Waals surface area contributed by atoms with Gasteiger partial charge in [0.25, 0.3) is 0 Å². The molecule has 1 aliphatic rings. The smallest absolute Gasteiger partial charge is 0.238 e. The first-order valence-electron chi connectivity index (χ1n) is 6.51. The van der Waals surface area contributed by atoms with E-state index in [1.54, 1.807) is 11.8 Å². The van der Waals surface area contributed by atoms with E-state index in [1.807, 2.05) is 35.4 Å². The molecule has 1 unspecified atom stereocenters. The first-order valence-corrected chi connectivity index (χ1v) is 7.74. The molecule has 0 radical (unpaired) electrons. The topological polar surface area (TPSA) is 52.6 Å². The van der Waals surface area contributed by atoms with Crippen LogP contribution >= 0.6 is 11.8 Å². The van der Waals surface area contributed by atoms with Crippen molar-refractivity contribution in [3.05, 3.63) is 24.3 Å². The zero-order valence-corrected chi connectivity index (χ0v) is 11.9. The van der Waals surface area contributed by atoms with Crippen LogP contribution < -0.4 is 5.32 Å². The highest BCUT2D eigenvalue weighted by Crippen LogP contribution is 2.19. The van der Waals surface area contributed by atoms with Crippen LogP contribution in [-0.2, 0) is 4.79 Å². The van der Waals surface area contributed by atoms with Crippen molar-refractivity contribution in [2.24, 2.45) is 0 Å². The molecule has 1 atom stereocenters. The van der Waals surface area contributed by atoms with Gasteiger partial charge in [-0.3, -0.25) is 9.69 Å². The maximum atomic E-state index is 11.9. The normalized spacial score (nSPS) is 20.2. The number of carbonyl (C=O) groups excluding carboxylic acids is 1. The molecule has 0 bridgehead atoms. The van der Waals surface area contributed by atoms with Gasteiger partial charge in [-0.15, -0.1) is 11.8 Å². The molecule has 1 aliphatic heterocycles. The predicted octanol–water partition coefficient (Wildman–Crippen LogP) is 1.80. The number of piperidine rings is 1. The average Bonchev–Trinajstić information content (AvgIpc) is 2.38. The number of aliphatic hydroxyl groups is 1. The van der Waals surface area contributed by atoms with Crippen molar-refractivity contribution in [2.75, 3.05) is 31.2 Å². The van der Waals surface area contributed by atoms with Gasteiger partial charge in [-0.1, -0.05) is 6.07 Å². The number of benzene rings is 1. The minimum absolute atomic E-state index is 0.0210. The Morgan fingerprint density at radius 3 is 3.16 bits per heavy atom.